The minimum absolute atomic E-state index is 0.268. The third-order valence-corrected chi connectivity index (χ3v) is 3.79. The molecular formula is C12H14Br2N4. The normalized spacial score (nSPS) is 11.2. The van der Waals surface area contributed by atoms with Crippen LogP contribution in [0.25, 0.3) is 11.4 Å². The molecule has 2 aromatic rings. The molecule has 2 rings (SSSR count). The Morgan fingerprint density at radius 2 is 2.00 bits per heavy atom. The summed E-state index contributed by atoms with van der Waals surface area (Å²) in [5, 5.41) is 8.41. The molecule has 1 aromatic carbocycles. The highest BCUT2D eigenvalue weighted by Crippen LogP contribution is 2.31. The zero-order valence-electron chi connectivity index (χ0n) is 10.2. The van der Waals surface area contributed by atoms with E-state index in [0.717, 1.165) is 26.2 Å². The molecule has 6 heteroatoms. The van der Waals surface area contributed by atoms with Gasteiger partial charge in [0.25, 0.3) is 0 Å². The Morgan fingerprint density at radius 1 is 1.28 bits per heavy atom. The van der Waals surface area contributed by atoms with Crippen LogP contribution in [0.5, 0.6) is 0 Å². The van der Waals surface area contributed by atoms with Gasteiger partial charge in [-0.15, -0.1) is 10.2 Å². The highest BCUT2D eigenvalue weighted by atomic mass is 79.9. The van der Waals surface area contributed by atoms with E-state index in [2.05, 4.69) is 60.5 Å². The van der Waals surface area contributed by atoms with Gasteiger partial charge < -0.3 is 10.3 Å². The molecule has 0 radical (unpaired) electrons. The average molecular weight is 374 g/mol. The molecule has 4 nitrogen and oxygen atoms in total. The topological polar surface area (TPSA) is 56.7 Å². The van der Waals surface area contributed by atoms with Crippen LogP contribution in [0.15, 0.2) is 27.1 Å². The molecule has 1 aromatic heterocycles. The number of nitrogens with zero attached hydrogens (tertiary/aromatic N) is 3. The minimum Gasteiger partial charge on any atom is -0.324 e. The molecule has 0 aliphatic rings. The van der Waals surface area contributed by atoms with Gasteiger partial charge in [-0.1, -0.05) is 15.9 Å². The fourth-order valence-electron chi connectivity index (χ4n) is 1.86. The van der Waals surface area contributed by atoms with E-state index in [1.807, 2.05) is 18.2 Å². The Bertz CT molecular complexity index is 563. The smallest absolute Gasteiger partial charge is 0.165 e. The quantitative estimate of drug-likeness (QED) is 0.895. The second-order valence-corrected chi connectivity index (χ2v) is 6.00. The SMILES string of the molecule is CC(C)n1c(CN)nnc1-c1ccc(Br)cc1Br. The predicted molar refractivity (Wildman–Crippen MR) is 79.1 cm³/mol. The predicted octanol–water partition coefficient (Wildman–Crippen LogP) is 3.51. The third-order valence-electron chi connectivity index (χ3n) is 2.64. The monoisotopic (exact) mass is 372 g/mol. The van der Waals surface area contributed by atoms with Crippen molar-refractivity contribution in [1.82, 2.24) is 14.8 Å². The van der Waals surface area contributed by atoms with E-state index in [1.54, 1.807) is 0 Å². The molecule has 2 N–H and O–H groups in total. The first kappa shape index (κ1) is 13.7. The number of benzene rings is 1. The van der Waals surface area contributed by atoms with Gasteiger partial charge in [0.15, 0.2) is 5.82 Å². The fourth-order valence-corrected chi connectivity index (χ4v) is 3.08. The van der Waals surface area contributed by atoms with Crippen LogP contribution < -0.4 is 5.73 Å². The van der Waals surface area contributed by atoms with Gasteiger partial charge in [0.05, 0.1) is 6.54 Å². The lowest BCUT2D eigenvalue weighted by molar-refractivity contribution is 0.574. The number of halogens is 2. The lowest BCUT2D eigenvalue weighted by atomic mass is 10.2. The number of hydrogen-bond donors (Lipinski definition) is 1. The summed E-state index contributed by atoms with van der Waals surface area (Å²) in [6, 6.07) is 6.26. The standard InChI is InChI=1S/C12H14Br2N4/c1-7(2)18-11(6-15)16-17-12(18)9-4-3-8(13)5-10(9)14/h3-5,7H,6,15H2,1-2H3. The maximum absolute atomic E-state index is 5.70. The largest absolute Gasteiger partial charge is 0.324 e. The minimum atomic E-state index is 0.268. The number of hydrogen-bond acceptors (Lipinski definition) is 3. The van der Waals surface area contributed by atoms with Crippen LogP contribution in [0.3, 0.4) is 0 Å². The first-order chi connectivity index (χ1) is 8.54. The number of rotatable bonds is 3. The number of nitrogens with two attached hydrogens (primary N) is 1. The van der Waals surface area contributed by atoms with Crippen molar-refractivity contribution in [3.63, 3.8) is 0 Å². The Morgan fingerprint density at radius 3 is 2.56 bits per heavy atom. The second-order valence-electron chi connectivity index (χ2n) is 4.23. The summed E-state index contributed by atoms with van der Waals surface area (Å²) in [6.07, 6.45) is 0. The lowest BCUT2D eigenvalue weighted by Crippen LogP contribution is -2.11. The molecule has 0 unspecified atom stereocenters. The van der Waals surface area contributed by atoms with Crippen LogP contribution in [0, 0.1) is 0 Å². The van der Waals surface area contributed by atoms with E-state index < -0.39 is 0 Å². The maximum atomic E-state index is 5.70. The van der Waals surface area contributed by atoms with Crippen LogP contribution in [-0.4, -0.2) is 14.8 Å². The van der Waals surface area contributed by atoms with Crippen molar-refractivity contribution in [1.29, 1.82) is 0 Å². The summed E-state index contributed by atoms with van der Waals surface area (Å²) in [5.41, 5.74) is 6.71. The van der Waals surface area contributed by atoms with Crippen LogP contribution in [-0.2, 0) is 6.54 Å². The molecule has 0 saturated heterocycles. The van der Waals surface area contributed by atoms with Crippen molar-refractivity contribution in [3.05, 3.63) is 33.0 Å². The van der Waals surface area contributed by atoms with Crippen LogP contribution in [0.4, 0.5) is 0 Å². The Labute approximate surface area is 123 Å². The zero-order valence-corrected chi connectivity index (χ0v) is 13.4. The summed E-state index contributed by atoms with van der Waals surface area (Å²) in [4.78, 5) is 0. The van der Waals surface area contributed by atoms with Crippen molar-refractivity contribution in [2.75, 3.05) is 0 Å². The van der Waals surface area contributed by atoms with E-state index in [4.69, 9.17) is 5.73 Å². The van der Waals surface area contributed by atoms with E-state index in [0.29, 0.717) is 6.54 Å². The highest BCUT2D eigenvalue weighted by Gasteiger charge is 2.17. The number of aromatic nitrogens is 3. The van der Waals surface area contributed by atoms with Gasteiger partial charge >= 0.3 is 0 Å². The first-order valence-corrected chi connectivity index (χ1v) is 7.22. The molecule has 0 aliphatic heterocycles. The molecule has 1 heterocycles. The molecule has 0 saturated carbocycles. The highest BCUT2D eigenvalue weighted by molar-refractivity contribution is 9.11. The van der Waals surface area contributed by atoms with Gasteiger partial charge in [-0.25, -0.2) is 0 Å². The molecule has 0 bridgehead atoms. The van der Waals surface area contributed by atoms with Crippen molar-refractivity contribution < 1.29 is 0 Å². The average Bonchev–Trinajstić information content (AvgIpc) is 2.72. The van der Waals surface area contributed by atoms with Gasteiger partial charge in [0.1, 0.15) is 5.82 Å². The molecule has 0 spiro atoms. The van der Waals surface area contributed by atoms with Gasteiger partial charge in [-0.05, 0) is 48.0 Å². The molecule has 96 valence electrons. The third kappa shape index (κ3) is 2.50. The fraction of sp³-hybridized carbons (Fsp3) is 0.333. The summed E-state index contributed by atoms with van der Waals surface area (Å²) in [5.74, 6) is 1.64. The molecule has 0 atom stereocenters. The maximum Gasteiger partial charge on any atom is 0.165 e. The van der Waals surface area contributed by atoms with E-state index in [9.17, 15) is 0 Å². The van der Waals surface area contributed by atoms with Gasteiger partial charge in [-0.3, -0.25) is 0 Å². The van der Waals surface area contributed by atoms with Crippen molar-refractivity contribution in [2.24, 2.45) is 5.73 Å². The molecule has 0 fully saturated rings. The zero-order chi connectivity index (χ0) is 13.3. The lowest BCUT2D eigenvalue weighted by Gasteiger charge is -2.14. The summed E-state index contributed by atoms with van der Waals surface area (Å²) in [6.45, 7) is 4.58. The molecule has 0 aliphatic carbocycles. The molecule has 18 heavy (non-hydrogen) atoms. The molecular weight excluding hydrogens is 360 g/mol. The van der Waals surface area contributed by atoms with E-state index in [-0.39, 0.29) is 6.04 Å². The Hall–Kier alpha value is -0.720. The van der Waals surface area contributed by atoms with Crippen molar-refractivity contribution in [2.45, 2.75) is 26.4 Å². The van der Waals surface area contributed by atoms with Crippen LogP contribution in [0.1, 0.15) is 25.7 Å². The van der Waals surface area contributed by atoms with Crippen LogP contribution >= 0.6 is 31.9 Å². The second kappa shape index (κ2) is 5.50. The summed E-state index contributed by atoms with van der Waals surface area (Å²) in [7, 11) is 0. The summed E-state index contributed by atoms with van der Waals surface area (Å²) >= 11 is 7.00. The van der Waals surface area contributed by atoms with Crippen molar-refractivity contribution >= 4 is 31.9 Å². The Kier molecular flexibility index (Phi) is 4.19. The van der Waals surface area contributed by atoms with E-state index >= 15 is 0 Å². The van der Waals surface area contributed by atoms with Crippen molar-refractivity contribution in [3.8, 4) is 11.4 Å². The molecule has 0 amide bonds. The van der Waals surface area contributed by atoms with Gasteiger partial charge in [0, 0.05) is 20.6 Å². The summed E-state index contributed by atoms with van der Waals surface area (Å²) < 4.78 is 4.07. The van der Waals surface area contributed by atoms with Gasteiger partial charge in [0.2, 0.25) is 0 Å². The Balaban J connectivity index is 2.60. The first-order valence-electron chi connectivity index (χ1n) is 5.64. The van der Waals surface area contributed by atoms with Gasteiger partial charge in [-0.2, -0.15) is 0 Å². The van der Waals surface area contributed by atoms with Crippen LogP contribution in [0.2, 0.25) is 0 Å². The van der Waals surface area contributed by atoms with E-state index in [1.165, 1.54) is 0 Å².